The van der Waals surface area contributed by atoms with E-state index in [-0.39, 0.29) is 6.04 Å². The summed E-state index contributed by atoms with van der Waals surface area (Å²) in [6.45, 7) is 1.30. The summed E-state index contributed by atoms with van der Waals surface area (Å²) in [5.41, 5.74) is 0. The quantitative estimate of drug-likeness (QED) is 0.654. The molecule has 1 aliphatic carbocycles. The number of hydrogen-bond donors (Lipinski definition) is 2. The van der Waals surface area contributed by atoms with E-state index in [1.807, 2.05) is 0 Å². The third kappa shape index (κ3) is 4.61. The summed E-state index contributed by atoms with van der Waals surface area (Å²) in [7, 11) is -3.64. The number of carboxylic acids is 1. The molecule has 0 spiro atoms. The van der Waals surface area contributed by atoms with Crippen LogP contribution >= 0.6 is 0 Å². The molecular formula is C9H15NO5S. The molecule has 0 aromatic carbocycles. The van der Waals surface area contributed by atoms with Crippen LogP contribution in [0.4, 0.5) is 0 Å². The lowest BCUT2D eigenvalue weighted by molar-refractivity contribution is -0.140. The van der Waals surface area contributed by atoms with E-state index in [1.54, 1.807) is 0 Å². The van der Waals surface area contributed by atoms with Crippen LogP contribution < -0.4 is 5.32 Å². The summed E-state index contributed by atoms with van der Waals surface area (Å²) < 4.78 is 22.9. The molecule has 7 heteroatoms. The first-order valence-electron chi connectivity index (χ1n) is 5.03. The fourth-order valence-corrected chi connectivity index (χ4v) is 2.71. The molecule has 6 nitrogen and oxygen atoms in total. The third-order valence-electron chi connectivity index (χ3n) is 2.22. The zero-order chi connectivity index (χ0) is 12.3. The Kier molecular flexibility index (Phi) is 3.90. The number of nitrogens with one attached hydrogen (secondary N) is 1. The second kappa shape index (κ2) is 4.82. The monoisotopic (exact) mass is 249 g/mol. The normalized spacial score (nSPS) is 17.8. The number of hydrogen-bond acceptors (Lipinski definition) is 4. The summed E-state index contributed by atoms with van der Waals surface area (Å²) in [6, 6.07) is 0.111. The molecule has 1 amide bonds. The Labute approximate surface area is 93.9 Å². The van der Waals surface area contributed by atoms with Crippen molar-refractivity contribution in [2.75, 3.05) is 11.5 Å². The molecule has 1 rings (SSSR count). The maximum Gasteiger partial charge on any atom is 0.307 e. The van der Waals surface area contributed by atoms with Crippen molar-refractivity contribution in [3.05, 3.63) is 0 Å². The van der Waals surface area contributed by atoms with Gasteiger partial charge in [0.15, 0.2) is 9.84 Å². The van der Waals surface area contributed by atoms with Crippen LogP contribution in [0.1, 0.15) is 19.8 Å². The van der Waals surface area contributed by atoms with Crippen LogP contribution in [-0.4, -0.2) is 42.9 Å². The van der Waals surface area contributed by atoms with Crippen molar-refractivity contribution in [3.63, 3.8) is 0 Å². The molecule has 0 aromatic heterocycles. The number of rotatable bonds is 6. The van der Waals surface area contributed by atoms with E-state index < -0.39 is 39.1 Å². The maximum atomic E-state index is 11.4. The Hall–Kier alpha value is -1.11. The van der Waals surface area contributed by atoms with Gasteiger partial charge in [0.2, 0.25) is 5.91 Å². The minimum Gasteiger partial charge on any atom is -0.481 e. The first-order valence-corrected chi connectivity index (χ1v) is 6.85. The van der Waals surface area contributed by atoms with Crippen molar-refractivity contribution in [2.24, 2.45) is 5.92 Å². The number of aliphatic carboxylic acids is 1. The van der Waals surface area contributed by atoms with Gasteiger partial charge >= 0.3 is 5.97 Å². The molecular weight excluding hydrogens is 234 g/mol. The average Bonchev–Trinajstić information content (AvgIpc) is 2.85. The van der Waals surface area contributed by atoms with Gasteiger partial charge < -0.3 is 10.4 Å². The number of carbonyl (C=O) groups excluding carboxylic acids is 1. The Morgan fingerprint density at radius 1 is 1.44 bits per heavy atom. The molecule has 16 heavy (non-hydrogen) atoms. The highest BCUT2D eigenvalue weighted by molar-refractivity contribution is 7.92. The molecule has 92 valence electrons. The fraction of sp³-hybridized carbons (Fsp3) is 0.778. The predicted molar refractivity (Wildman–Crippen MR) is 56.6 cm³/mol. The van der Waals surface area contributed by atoms with Gasteiger partial charge in [-0.2, -0.15) is 0 Å². The van der Waals surface area contributed by atoms with Crippen molar-refractivity contribution >= 4 is 21.7 Å². The molecule has 0 heterocycles. The van der Waals surface area contributed by atoms with E-state index in [9.17, 15) is 18.0 Å². The Balaban J connectivity index is 2.43. The highest BCUT2D eigenvalue weighted by atomic mass is 32.2. The second-order valence-electron chi connectivity index (χ2n) is 4.14. The fourth-order valence-electron chi connectivity index (χ4n) is 1.21. The summed E-state index contributed by atoms with van der Waals surface area (Å²) in [5, 5.41) is 11.1. The number of carbonyl (C=O) groups is 2. The van der Waals surface area contributed by atoms with Crippen LogP contribution in [0.3, 0.4) is 0 Å². The zero-order valence-corrected chi connectivity index (χ0v) is 9.79. The zero-order valence-electron chi connectivity index (χ0n) is 8.97. The van der Waals surface area contributed by atoms with Crippen LogP contribution in [0.25, 0.3) is 0 Å². The highest BCUT2D eigenvalue weighted by Gasteiger charge is 2.27. The molecule has 0 aromatic rings. The summed E-state index contributed by atoms with van der Waals surface area (Å²) in [6.07, 6.45) is 1.77. The van der Waals surface area contributed by atoms with Gasteiger partial charge in [-0.3, -0.25) is 9.59 Å². The van der Waals surface area contributed by atoms with E-state index in [0.717, 1.165) is 12.8 Å². The Morgan fingerprint density at radius 2 is 2.00 bits per heavy atom. The van der Waals surface area contributed by atoms with Gasteiger partial charge in [0, 0.05) is 6.04 Å². The maximum absolute atomic E-state index is 11.4. The number of carboxylic acid groups (broad SMARTS) is 1. The minimum atomic E-state index is -3.64. The van der Waals surface area contributed by atoms with E-state index in [2.05, 4.69) is 5.32 Å². The largest absolute Gasteiger partial charge is 0.481 e. The number of amides is 1. The minimum absolute atomic E-state index is 0.111. The SMILES string of the molecule is CC(CS(=O)(=O)CC(=O)NC1CC1)C(=O)O. The van der Waals surface area contributed by atoms with Gasteiger partial charge in [-0.25, -0.2) is 8.42 Å². The van der Waals surface area contributed by atoms with Crippen molar-refractivity contribution in [1.82, 2.24) is 5.32 Å². The molecule has 1 atom stereocenters. The summed E-state index contributed by atoms with van der Waals surface area (Å²) in [5.74, 6) is -3.83. The molecule has 1 saturated carbocycles. The van der Waals surface area contributed by atoms with Crippen molar-refractivity contribution in [1.29, 1.82) is 0 Å². The van der Waals surface area contributed by atoms with Gasteiger partial charge in [0.1, 0.15) is 5.75 Å². The first-order chi connectivity index (χ1) is 7.30. The lowest BCUT2D eigenvalue weighted by Gasteiger charge is -2.07. The van der Waals surface area contributed by atoms with Crippen LogP contribution in [0, 0.1) is 5.92 Å². The van der Waals surface area contributed by atoms with Crippen molar-refractivity contribution in [3.8, 4) is 0 Å². The van der Waals surface area contributed by atoms with Crippen LogP contribution in [0.15, 0.2) is 0 Å². The molecule has 0 radical (unpaired) electrons. The molecule has 0 aliphatic heterocycles. The molecule has 1 aliphatic rings. The van der Waals surface area contributed by atoms with E-state index in [1.165, 1.54) is 6.92 Å². The van der Waals surface area contributed by atoms with E-state index in [4.69, 9.17) is 5.11 Å². The topological polar surface area (TPSA) is 101 Å². The van der Waals surface area contributed by atoms with E-state index >= 15 is 0 Å². The molecule has 0 saturated heterocycles. The Bertz CT molecular complexity index is 385. The Morgan fingerprint density at radius 3 is 2.44 bits per heavy atom. The first kappa shape index (κ1) is 13.0. The van der Waals surface area contributed by atoms with Gasteiger partial charge in [-0.15, -0.1) is 0 Å². The smallest absolute Gasteiger partial charge is 0.307 e. The lowest BCUT2D eigenvalue weighted by atomic mass is 10.2. The second-order valence-corrected chi connectivity index (χ2v) is 6.24. The standard InChI is InChI=1S/C9H15NO5S/c1-6(9(12)13)4-16(14,15)5-8(11)10-7-2-3-7/h6-7H,2-5H2,1H3,(H,10,11)(H,12,13). The lowest BCUT2D eigenvalue weighted by Crippen LogP contribution is -2.34. The number of sulfone groups is 1. The third-order valence-corrected chi connectivity index (χ3v) is 3.93. The summed E-state index contributed by atoms with van der Waals surface area (Å²) in [4.78, 5) is 21.7. The van der Waals surface area contributed by atoms with Gasteiger partial charge in [-0.1, -0.05) is 6.92 Å². The van der Waals surface area contributed by atoms with Crippen molar-refractivity contribution < 1.29 is 23.1 Å². The average molecular weight is 249 g/mol. The van der Waals surface area contributed by atoms with Crippen molar-refractivity contribution in [2.45, 2.75) is 25.8 Å². The predicted octanol–water partition coefficient (Wildman–Crippen LogP) is -0.599. The van der Waals surface area contributed by atoms with Crippen LogP contribution in [0.2, 0.25) is 0 Å². The van der Waals surface area contributed by atoms with E-state index in [0.29, 0.717) is 0 Å². The van der Waals surface area contributed by atoms with Crippen LogP contribution in [-0.2, 0) is 19.4 Å². The summed E-state index contributed by atoms with van der Waals surface area (Å²) >= 11 is 0. The van der Waals surface area contributed by atoms with Gasteiger partial charge in [-0.05, 0) is 12.8 Å². The highest BCUT2D eigenvalue weighted by Crippen LogP contribution is 2.18. The molecule has 1 unspecified atom stereocenters. The molecule has 2 N–H and O–H groups in total. The van der Waals surface area contributed by atoms with Crippen LogP contribution in [0.5, 0.6) is 0 Å². The van der Waals surface area contributed by atoms with Gasteiger partial charge in [0.05, 0.1) is 11.7 Å². The molecule has 1 fully saturated rings. The van der Waals surface area contributed by atoms with Gasteiger partial charge in [0.25, 0.3) is 0 Å². The molecule has 0 bridgehead atoms.